The number of hydrogen-bond donors (Lipinski definition) is 11. The number of unbranched alkanes of at least 4 members (excludes halogenated alkanes) is 2. The zero-order valence-electron chi connectivity index (χ0n) is 83.4. The fraction of sp³-hybridized carbons (Fsp3) is 0.145. The summed E-state index contributed by atoms with van der Waals surface area (Å²) >= 11 is 5.22. The Morgan fingerprint density at radius 1 is 0.447 bits per heavy atom. The minimum absolute atomic E-state index is 0.00454. The number of fused-ring (bicyclic) bond motifs is 6. The van der Waals surface area contributed by atoms with Crippen molar-refractivity contribution in [2.45, 2.75) is 96.1 Å². The molecule has 2 unspecified atom stereocenters. The van der Waals surface area contributed by atoms with Gasteiger partial charge < -0.3 is 65.1 Å². The average Bonchev–Trinajstić information content (AvgIpc) is 1.28. The Bertz CT molecular complexity index is 8240. The van der Waals surface area contributed by atoms with Crippen molar-refractivity contribution >= 4 is 156 Å². The quantitative estimate of drug-likeness (QED) is 0.0129. The largest absolute Gasteiger partial charge is 0.398 e. The number of benzene rings is 15. The molecule has 2 fully saturated rings. The molecule has 4 atom stereocenters. The van der Waals surface area contributed by atoms with Crippen LogP contribution < -0.4 is 75.9 Å². The van der Waals surface area contributed by atoms with Crippen LogP contribution in [-0.4, -0.2) is 86.4 Å². The van der Waals surface area contributed by atoms with Crippen LogP contribution in [0, 0.1) is 6.92 Å². The molecule has 4 aromatic heterocycles. The molecule has 150 heavy (non-hydrogen) atoms. The molecule has 0 bridgehead atoms. The Labute approximate surface area is 882 Å². The van der Waals surface area contributed by atoms with E-state index in [1.807, 2.05) is 262 Å². The van der Waals surface area contributed by atoms with Gasteiger partial charge in [0.1, 0.15) is 11.7 Å². The van der Waals surface area contributed by atoms with E-state index in [1.165, 1.54) is 31.7 Å². The van der Waals surface area contributed by atoms with Crippen molar-refractivity contribution in [1.82, 2.24) is 51.4 Å². The first kappa shape index (κ1) is 104. The van der Waals surface area contributed by atoms with Crippen LogP contribution in [0.15, 0.2) is 404 Å². The molecule has 26 heteroatoms. The zero-order chi connectivity index (χ0) is 105. The number of nitrogens with two attached hydrogens (primary N) is 5. The number of pyridine rings is 2. The molecule has 21 rings (SSSR count). The van der Waals surface area contributed by atoms with E-state index in [1.54, 1.807) is 63.1 Å². The van der Waals surface area contributed by atoms with Gasteiger partial charge in [-0.05, 0) is 223 Å². The molecular formula is C124H116BrN17O7S. The molecule has 752 valence electrons. The lowest BCUT2D eigenvalue weighted by Gasteiger charge is -2.20. The second kappa shape index (κ2) is 48.6. The number of nitrogens with zero attached hydrogens (tertiary/aromatic N) is 6. The van der Waals surface area contributed by atoms with Crippen molar-refractivity contribution in [3.05, 3.63) is 443 Å². The summed E-state index contributed by atoms with van der Waals surface area (Å²) in [6, 6.07) is 118. The van der Waals surface area contributed by atoms with Crippen LogP contribution in [0.3, 0.4) is 0 Å². The van der Waals surface area contributed by atoms with Crippen molar-refractivity contribution in [2.24, 2.45) is 18.5 Å². The number of urea groups is 2. The molecule has 2 aliphatic heterocycles. The number of nitrogen functional groups attached to an aromatic ring is 3. The molecule has 15 aromatic carbocycles. The van der Waals surface area contributed by atoms with Gasteiger partial charge in [0, 0.05) is 108 Å². The normalized spacial score (nSPS) is 13.5. The highest BCUT2D eigenvalue weighted by Gasteiger charge is 2.37. The number of halogens is 1. The van der Waals surface area contributed by atoms with Gasteiger partial charge in [-0.25, -0.2) is 24.5 Å². The molecular weight excluding hydrogens is 1950 g/mol. The fourth-order valence-corrected chi connectivity index (χ4v) is 20.0. The number of amides is 8. The van der Waals surface area contributed by atoms with Crippen molar-refractivity contribution in [1.29, 1.82) is 0 Å². The standard InChI is InChI=1S/C31H26N4O2.C27H26N4O2.C26H25N3OS.C21H25N3O.C19H14BrN3O/c32-26-17-9-7-15-23(26)20-33-31(37)29(22-13-5-2-6-14-22)35-30(36)25-19-28(21-11-3-1-4-12-21)34-27-18-10-8-16-24(25)27;1-18(15-26(32)29-17-20-11-5-7-13-23(20)28)30-27(33)22-16-25(19-9-3-2-4-10-19)31-24-14-8-6-12-21(22)24;1-17-22(11-6-7-15-27)28-26(30)29(17)23-14-13-21(19-9-3-4-10-20(19)23)25-16-18-8-2-5-12-24(18)31-25;1-15-7-3-4-8-19(15)17-10-12-18(13-11-17)24-16(2)20(23-21(24)25)9-5-6-14-22;1-23-17-9-12-5-3-2-4-11(12)8-16(17)22-18(19(23)24)14-10-13(20)6-7-15(14)21/h1-19,29H,20,32H2,(H,33,37)(H,35,36);2-14,16,18H,15,17,28H2,1H3,(H,29,32)(H,30,33);2-5,8-10,12-14,16,22H,1,6-7,11,15,27H2,(H,28,30);3-4,7-8,10-13,20H,2,5-6,9,14,22H2,1H3,(H,23,25);2-10H,21H2,1H3/t;;22-;20-;/m..00./s1. The molecule has 2 aliphatic rings. The lowest BCUT2D eigenvalue weighted by molar-refractivity contribution is -0.123. The Kier molecular flexibility index (Phi) is 33.7. The summed E-state index contributed by atoms with van der Waals surface area (Å²) in [4.78, 5) is 109. The Hall–Kier alpha value is -17.6. The molecule has 0 saturated carbocycles. The maximum absolute atomic E-state index is 13.7. The first-order chi connectivity index (χ1) is 72.9. The van der Waals surface area contributed by atoms with E-state index in [9.17, 15) is 33.6 Å². The lowest BCUT2D eigenvalue weighted by atomic mass is 10.00. The number of nitrogens with one attached hydrogen (secondary N) is 6. The van der Waals surface area contributed by atoms with Gasteiger partial charge in [0.25, 0.3) is 17.4 Å². The van der Waals surface area contributed by atoms with Crippen molar-refractivity contribution in [3.8, 4) is 55.3 Å². The van der Waals surface area contributed by atoms with Gasteiger partial charge in [-0.1, -0.05) is 302 Å². The van der Waals surface area contributed by atoms with E-state index in [2.05, 4.69) is 158 Å². The van der Waals surface area contributed by atoms with Gasteiger partial charge in [0.15, 0.2) is 0 Å². The van der Waals surface area contributed by atoms with Crippen LogP contribution in [0.5, 0.6) is 0 Å². The van der Waals surface area contributed by atoms with Gasteiger partial charge >= 0.3 is 12.1 Å². The average molecular weight is 2070 g/mol. The highest BCUT2D eigenvalue weighted by atomic mass is 79.9. The second-order valence-corrected chi connectivity index (χ2v) is 38.8. The van der Waals surface area contributed by atoms with Crippen molar-refractivity contribution in [3.63, 3.8) is 0 Å². The SMILES string of the molecule is C=C1[C@H](CCCCN)NC(=O)N1c1ccc(-c2cc3ccccc3s2)c2ccccc12.C=C1[C@H](CCCCN)NC(=O)N1c1ccc(-c2ccccc2C)cc1.CC(CC(=O)NCc1ccccc1N)NC(=O)c1cc(-c2ccccc2)nc2ccccc12.Cn1c(=O)c(-c2cc(Br)ccc2N)nc2cc3ccccc3cc21.Nc1ccccc1CNC(=O)C(NC(=O)c1cc(-c2ccccc2)nc2ccccc12)c1ccccc1. The van der Waals surface area contributed by atoms with E-state index in [4.69, 9.17) is 38.6 Å². The predicted molar refractivity (Wildman–Crippen MR) is 615 cm³/mol. The number of aromatic nitrogens is 4. The molecule has 24 nitrogen and oxygen atoms in total. The molecule has 2 saturated heterocycles. The molecule has 0 aliphatic carbocycles. The first-order valence-electron chi connectivity index (χ1n) is 49.8. The third kappa shape index (κ3) is 24.5. The highest BCUT2D eigenvalue weighted by molar-refractivity contribution is 9.10. The molecule has 6 heterocycles. The van der Waals surface area contributed by atoms with Gasteiger partial charge in [-0.2, -0.15) is 0 Å². The number of aryl methyl sites for hydroxylation is 2. The number of carbonyl (C=O) groups is 6. The van der Waals surface area contributed by atoms with E-state index in [0.29, 0.717) is 81.2 Å². The van der Waals surface area contributed by atoms with Crippen LogP contribution in [0.2, 0.25) is 0 Å². The maximum atomic E-state index is 13.7. The molecule has 0 radical (unpaired) electrons. The summed E-state index contributed by atoms with van der Waals surface area (Å²) in [6.07, 6.45) is 5.76. The van der Waals surface area contributed by atoms with E-state index >= 15 is 0 Å². The predicted octanol–water partition coefficient (Wildman–Crippen LogP) is 24.1. The summed E-state index contributed by atoms with van der Waals surface area (Å²) in [7, 11) is 1.76. The van der Waals surface area contributed by atoms with Gasteiger partial charge in [-0.15, -0.1) is 11.3 Å². The summed E-state index contributed by atoms with van der Waals surface area (Å²) in [5.74, 6) is -1.09. The summed E-state index contributed by atoms with van der Waals surface area (Å²) in [6.45, 7) is 14.2. The Morgan fingerprint density at radius 2 is 0.947 bits per heavy atom. The van der Waals surface area contributed by atoms with E-state index in [0.717, 1.165) is 143 Å². The molecule has 16 N–H and O–H groups in total. The van der Waals surface area contributed by atoms with Crippen LogP contribution in [-0.2, 0) is 29.7 Å². The Morgan fingerprint density at radius 3 is 1.53 bits per heavy atom. The minimum Gasteiger partial charge on any atom is -0.398 e. The van der Waals surface area contributed by atoms with Crippen molar-refractivity contribution in [2.75, 3.05) is 40.1 Å². The first-order valence-corrected chi connectivity index (χ1v) is 51.4. The number of thiophene rings is 1. The molecule has 0 spiro atoms. The monoisotopic (exact) mass is 2070 g/mol. The third-order valence-electron chi connectivity index (χ3n) is 26.5. The topological polar surface area (TPSA) is 372 Å². The molecule has 8 amide bonds. The van der Waals surface area contributed by atoms with Crippen LogP contribution in [0.1, 0.15) is 101 Å². The van der Waals surface area contributed by atoms with Crippen LogP contribution in [0.25, 0.3) is 120 Å². The van der Waals surface area contributed by atoms with E-state index < -0.39 is 6.04 Å². The highest BCUT2D eigenvalue weighted by Crippen LogP contribution is 2.43. The summed E-state index contributed by atoms with van der Waals surface area (Å²) in [5.41, 5.74) is 49.5. The number of para-hydroxylation sites is 4. The third-order valence-corrected chi connectivity index (χ3v) is 28.2. The summed E-state index contributed by atoms with van der Waals surface area (Å²) in [5, 5.41) is 24.9. The summed E-state index contributed by atoms with van der Waals surface area (Å²) < 4.78 is 3.76. The fourth-order valence-electron chi connectivity index (χ4n) is 18.6. The zero-order valence-corrected chi connectivity index (χ0v) is 85.8. The van der Waals surface area contributed by atoms with Gasteiger partial charge in [-0.3, -0.25) is 33.8 Å². The van der Waals surface area contributed by atoms with Gasteiger partial charge in [0.2, 0.25) is 11.8 Å². The number of hydrogen-bond acceptors (Lipinski definition) is 16. The second-order valence-electron chi connectivity index (χ2n) is 36.8. The number of carbonyl (C=O) groups excluding carboxylic acids is 6. The van der Waals surface area contributed by atoms with Crippen molar-refractivity contribution < 1.29 is 28.8 Å². The van der Waals surface area contributed by atoms with Gasteiger partial charge in [0.05, 0.1) is 68.0 Å². The lowest BCUT2D eigenvalue weighted by Crippen LogP contribution is -2.40. The minimum atomic E-state index is -0.897. The van der Waals surface area contributed by atoms with Crippen LogP contribution in [0.4, 0.5) is 38.0 Å². The van der Waals surface area contributed by atoms with Crippen LogP contribution >= 0.6 is 27.3 Å². The number of anilines is 5. The maximum Gasteiger partial charge on any atom is 0.326 e. The molecule has 19 aromatic rings. The van der Waals surface area contributed by atoms with E-state index in [-0.39, 0.29) is 72.3 Å². The number of rotatable bonds is 27. The Balaban J connectivity index is 0.000000129. The smallest absolute Gasteiger partial charge is 0.326 e.